The minimum atomic E-state index is -4.30. The Hall–Kier alpha value is -2.35. The molecule has 0 unspecified atom stereocenters. The highest BCUT2D eigenvalue weighted by Gasteiger charge is 2.30. The van der Waals surface area contributed by atoms with Crippen molar-refractivity contribution in [2.75, 3.05) is 33.2 Å². The normalized spacial score (nSPS) is 16.2. The van der Waals surface area contributed by atoms with Crippen LogP contribution in [0.25, 0.3) is 0 Å². The van der Waals surface area contributed by atoms with Gasteiger partial charge < -0.3 is 9.80 Å². The third kappa shape index (κ3) is 5.59. The number of likely N-dealkylation sites (tertiary alicyclic amines) is 1. The van der Waals surface area contributed by atoms with Crippen molar-refractivity contribution in [3.63, 3.8) is 0 Å². The van der Waals surface area contributed by atoms with E-state index in [1.807, 2.05) is 14.0 Å². The lowest BCUT2D eigenvalue weighted by Crippen LogP contribution is -2.40. The molecule has 158 valence electrons. The van der Waals surface area contributed by atoms with Crippen LogP contribution >= 0.6 is 0 Å². The molecule has 3 rings (SSSR count). The highest BCUT2D eigenvalue weighted by Crippen LogP contribution is 2.29. The van der Waals surface area contributed by atoms with Crippen LogP contribution in [-0.4, -0.2) is 59.1 Å². The van der Waals surface area contributed by atoms with Crippen molar-refractivity contribution >= 4 is 5.91 Å². The van der Waals surface area contributed by atoms with E-state index in [2.05, 4.69) is 15.1 Å². The number of aromatic amines is 1. The molecule has 1 aliphatic rings. The van der Waals surface area contributed by atoms with Crippen LogP contribution in [0.2, 0.25) is 0 Å². The summed E-state index contributed by atoms with van der Waals surface area (Å²) in [7, 11) is 1.81. The van der Waals surface area contributed by atoms with Gasteiger partial charge in [0.25, 0.3) is 5.91 Å². The number of aryl methyl sites for hydroxylation is 1. The fraction of sp³-hybridized carbons (Fsp3) is 0.524. The molecule has 1 fully saturated rings. The summed E-state index contributed by atoms with van der Waals surface area (Å²) in [5, 5.41) is 6.69. The maximum Gasteiger partial charge on any atom is 0.416 e. The van der Waals surface area contributed by atoms with Gasteiger partial charge in [0.1, 0.15) is 0 Å². The minimum Gasteiger partial charge on any atom is -0.341 e. The zero-order valence-electron chi connectivity index (χ0n) is 16.8. The third-order valence-corrected chi connectivity index (χ3v) is 5.62. The Labute approximate surface area is 168 Å². The molecule has 0 bridgehead atoms. The first-order valence-electron chi connectivity index (χ1n) is 9.88. The second kappa shape index (κ2) is 8.98. The highest BCUT2D eigenvalue weighted by molar-refractivity contribution is 5.94. The molecule has 1 N–H and O–H groups in total. The van der Waals surface area contributed by atoms with Crippen LogP contribution < -0.4 is 0 Å². The molecule has 0 saturated carbocycles. The van der Waals surface area contributed by atoms with Crippen molar-refractivity contribution in [1.82, 2.24) is 20.0 Å². The molecule has 0 radical (unpaired) electrons. The van der Waals surface area contributed by atoms with E-state index >= 15 is 0 Å². The van der Waals surface area contributed by atoms with Gasteiger partial charge in [-0.25, -0.2) is 0 Å². The first kappa shape index (κ1) is 21.4. The van der Waals surface area contributed by atoms with Gasteiger partial charge in [-0.3, -0.25) is 9.89 Å². The molecule has 0 aliphatic carbocycles. The molecule has 0 spiro atoms. The molecule has 0 atom stereocenters. The molecule has 1 saturated heterocycles. The molecule has 1 aromatic carbocycles. The second-order valence-electron chi connectivity index (χ2n) is 7.83. The van der Waals surface area contributed by atoms with Crippen LogP contribution in [0.15, 0.2) is 30.5 Å². The number of piperidine rings is 1. The summed E-state index contributed by atoms with van der Waals surface area (Å²) in [4.78, 5) is 16.5. The summed E-state index contributed by atoms with van der Waals surface area (Å²) in [5.74, 6) is 0.407. The largest absolute Gasteiger partial charge is 0.416 e. The van der Waals surface area contributed by atoms with E-state index in [9.17, 15) is 18.0 Å². The van der Waals surface area contributed by atoms with E-state index in [0.717, 1.165) is 44.2 Å². The van der Waals surface area contributed by atoms with Gasteiger partial charge >= 0.3 is 6.18 Å². The average Bonchev–Trinajstić information content (AvgIpc) is 3.12. The predicted molar refractivity (Wildman–Crippen MR) is 105 cm³/mol. The van der Waals surface area contributed by atoms with E-state index in [1.165, 1.54) is 12.1 Å². The van der Waals surface area contributed by atoms with Crippen LogP contribution in [-0.2, 0) is 12.6 Å². The number of H-pyrrole nitrogens is 1. The van der Waals surface area contributed by atoms with Crippen molar-refractivity contribution in [2.45, 2.75) is 32.4 Å². The maximum atomic E-state index is 12.8. The second-order valence-corrected chi connectivity index (χ2v) is 7.83. The van der Waals surface area contributed by atoms with Crippen molar-refractivity contribution in [3.8, 4) is 0 Å². The number of benzene rings is 1. The fourth-order valence-corrected chi connectivity index (χ4v) is 3.83. The third-order valence-electron chi connectivity index (χ3n) is 5.62. The number of amides is 1. The van der Waals surface area contributed by atoms with E-state index in [0.29, 0.717) is 30.0 Å². The topological polar surface area (TPSA) is 52.2 Å². The Balaban J connectivity index is 1.44. The first-order chi connectivity index (χ1) is 13.7. The number of nitrogens with one attached hydrogen (secondary N) is 1. The molecule has 2 heterocycles. The molecular weight excluding hydrogens is 381 g/mol. The maximum absolute atomic E-state index is 12.8. The summed E-state index contributed by atoms with van der Waals surface area (Å²) in [6.07, 6.45) is -0.181. The van der Waals surface area contributed by atoms with Crippen molar-refractivity contribution in [1.29, 1.82) is 0 Å². The number of aromatic nitrogens is 2. The lowest BCUT2D eigenvalue weighted by Gasteiger charge is -2.34. The van der Waals surface area contributed by atoms with Crippen LogP contribution in [0.4, 0.5) is 13.2 Å². The summed E-state index contributed by atoms with van der Waals surface area (Å²) in [6.45, 7) is 5.08. The van der Waals surface area contributed by atoms with E-state index in [-0.39, 0.29) is 5.91 Å². The Kier molecular flexibility index (Phi) is 6.62. The van der Waals surface area contributed by atoms with Gasteiger partial charge in [0.05, 0.1) is 17.3 Å². The first-order valence-corrected chi connectivity index (χ1v) is 9.88. The quantitative estimate of drug-likeness (QED) is 0.792. The lowest BCUT2D eigenvalue weighted by molar-refractivity contribution is -0.137. The molecule has 29 heavy (non-hydrogen) atoms. The standard InChI is InChI=1S/C21H27F3N4O/c1-15-19(13-25-26-15)20(29)27(2)14-17-7-10-28(11-8-17)9-6-16-4-3-5-18(12-16)21(22,23)24/h3-5,12-13,17H,6-11,14H2,1-2H3,(H,25,26). The zero-order chi connectivity index (χ0) is 21.0. The Morgan fingerprint density at radius 1 is 1.31 bits per heavy atom. The molecular formula is C21H27F3N4O. The molecule has 1 aromatic heterocycles. The molecule has 1 aliphatic heterocycles. The monoisotopic (exact) mass is 408 g/mol. The Morgan fingerprint density at radius 2 is 2.03 bits per heavy atom. The number of carbonyl (C=O) groups is 1. The number of nitrogens with zero attached hydrogens (tertiary/aromatic N) is 3. The van der Waals surface area contributed by atoms with Gasteiger partial charge in [-0.05, 0) is 56.8 Å². The lowest BCUT2D eigenvalue weighted by atomic mass is 9.95. The molecule has 5 nitrogen and oxygen atoms in total. The van der Waals surface area contributed by atoms with Gasteiger partial charge in [-0.1, -0.05) is 18.2 Å². The minimum absolute atomic E-state index is 0.0248. The Morgan fingerprint density at radius 3 is 2.66 bits per heavy atom. The summed E-state index contributed by atoms with van der Waals surface area (Å²) in [6, 6.07) is 5.57. The van der Waals surface area contributed by atoms with Gasteiger partial charge in [0, 0.05) is 25.8 Å². The number of alkyl halides is 3. The number of halogens is 3. The van der Waals surface area contributed by atoms with Crippen LogP contribution in [0.3, 0.4) is 0 Å². The van der Waals surface area contributed by atoms with E-state index in [1.54, 1.807) is 17.2 Å². The van der Waals surface area contributed by atoms with E-state index in [4.69, 9.17) is 0 Å². The Bertz CT molecular complexity index is 825. The summed E-state index contributed by atoms with van der Waals surface area (Å²) >= 11 is 0. The molecule has 1 amide bonds. The summed E-state index contributed by atoms with van der Waals surface area (Å²) in [5.41, 5.74) is 1.49. The fourth-order valence-electron chi connectivity index (χ4n) is 3.83. The SMILES string of the molecule is Cc1[nH]ncc1C(=O)N(C)CC1CCN(CCc2cccc(C(F)(F)F)c2)CC1. The summed E-state index contributed by atoms with van der Waals surface area (Å²) < 4.78 is 38.5. The predicted octanol–water partition coefficient (Wildman–Crippen LogP) is 3.76. The number of hydrogen-bond donors (Lipinski definition) is 1. The van der Waals surface area contributed by atoms with Crippen LogP contribution in [0, 0.1) is 12.8 Å². The van der Waals surface area contributed by atoms with Gasteiger partial charge in [0.2, 0.25) is 0 Å². The molecule has 2 aromatic rings. The zero-order valence-corrected chi connectivity index (χ0v) is 16.8. The van der Waals surface area contributed by atoms with Crippen molar-refractivity contribution in [2.24, 2.45) is 5.92 Å². The highest BCUT2D eigenvalue weighted by atomic mass is 19.4. The van der Waals surface area contributed by atoms with Crippen molar-refractivity contribution < 1.29 is 18.0 Å². The van der Waals surface area contributed by atoms with Gasteiger partial charge in [0.15, 0.2) is 0 Å². The van der Waals surface area contributed by atoms with Crippen LogP contribution in [0.5, 0.6) is 0 Å². The number of hydrogen-bond acceptors (Lipinski definition) is 3. The van der Waals surface area contributed by atoms with Crippen LogP contribution in [0.1, 0.15) is 40.0 Å². The van der Waals surface area contributed by atoms with Gasteiger partial charge in [-0.15, -0.1) is 0 Å². The number of carbonyl (C=O) groups excluding carboxylic acids is 1. The van der Waals surface area contributed by atoms with Crippen molar-refractivity contribution in [3.05, 3.63) is 52.8 Å². The number of rotatable bonds is 6. The molecule has 8 heteroatoms. The smallest absolute Gasteiger partial charge is 0.341 e. The average molecular weight is 408 g/mol. The van der Waals surface area contributed by atoms with Gasteiger partial charge in [-0.2, -0.15) is 18.3 Å². The van der Waals surface area contributed by atoms with E-state index < -0.39 is 11.7 Å².